The van der Waals surface area contributed by atoms with E-state index in [2.05, 4.69) is 4.98 Å². The van der Waals surface area contributed by atoms with E-state index in [0.29, 0.717) is 6.07 Å². The van der Waals surface area contributed by atoms with Gasteiger partial charge in [-0.2, -0.15) is 13.2 Å². The van der Waals surface area contributed by atoms with Crippen molar-refractivity contribution < 1.29 is 18.1 Å². The fourth-order valence-electron chi connectivity index (χ4n) is 1.52. The van der Waals surface area contributed by atoms with Gasteiger partial charge in [0, 0.05) is 5.52 Å². The van der Waals surface area contributed by atoms with E-state index in [1.54, 1.807) is 0 Å². The highest BCUT2D eigenvalue weighted by molar-refractivity contribution is 5.81. The number of hydrogen-bond donors (Lipinski definition) is 1. The third kappa shape index (κ3) is 1.92. The Kier molecular flexibility index (Phi) is 2.57. The summed E-state index contributed by atoms with van der Waals surface area (Å²) < 4.78 is 37.4. The van der Waals surface area contributed by atoms with Gasteiger partial charge in [0.15, 0.2) is 0 Å². The number of nitrogens with zero attached hydrogens (tertiary/aromatic N) is 1. The van der Waals surface area contributed by atoms with Crippen molar-refractivity contribution in [3.63, 3.8) is 0 Å². The number of hydrogen-bond acceptors (Lipinski definition) is 3. The molecule has 0 aliphatic carbocycles. The van der Waals surface area contributed by atoms with Crippen LogP contribution in [-0.4, -0.2) is 9.91 Å². The van der Waals surface area contributed by atoms with Gasteiger partial charge in [0.2, 0.25) is 0 Å². The lowest BCUT2D eigenvalue weighted by Gasteiger charge is -2.07. The minimum Gasteiger partial charge on any atom is -0.355 e. The van der Waals surface area contributed by atoms with Gasteiger partial charge in [-0.3, -0.25) is 14.9 Å². The molecule has 1 N–H and O–H groups in total. The summed E-state index contributed by atoms with van der Waals surface area (Å²) in [5.74, 6) is 0. The average Bonchev–Trinajstić information content (AvgIpc) is 2.27. The van der Waals surface area contributed by atoms with Crippen LogP contribution in [0.3, 0.4) is 0 Å². The van der Waals surface area contributed by atoms with Crippen molar-refractivity contribution in [3.8, 4) is 0 Å². The monoisotopic (exact) mass is 258 g/mol. The lowest BCUT2D eigenvalue weighted by atomic mass is 10.1. The summed E-state index contributed by atoms with van der Waals surface area (Å²) in [5.41, 5.74) is -2.75. The Morgan fingerprint density at radius 2 is 1.94 bits per heavy atom. The number of rotatable bonds is 1. The number of aromatic amines is 1. The van der Waals surface area contributed by atoms with Gasteiger partial charge in [0.1, 0.15) is 0 Å². The van der Waals surface area contributed by atoms with Crippen LogP contribution >= 0.6 is 0 Å². The number of halogens is 3. The van der Waals surface area contributed by atoms with E-state index < -0.39 is 27.8 Å². The van der Waals surface area contributed by atoms with E-state index in [9.17, 15) is 28.1 Å². The van der Waals surface area contributed by atoms with Gasteiger partial charge in [-0.05, 0) is 18.2 Å². The summed E-state index contributed by atoms with van der Waals surface area (Å²) in [7, 11) is 0. The molecule has 5 nitrogen and oxygen atoms in total. The van der Waals surface area contributed by atoms with Crippen molar-refractivity contribution in [1.82, 2.24) is 4.98 Å². The molecule has 1 heterocycles. The van der Waals surface area contributed by atoms with Gasteiger partial charge in [-0.1, -0.05) is 0 Å². The smallest absolute Gasteiger partial charge is 0.355 e. The predicted octanol–water partition coefficient (Wildman–Crippen LogP) is 2.46. The summed E-state index contributed by atoms with van der Waals surface area (Å²) in [6.45, 7) is 0. The Bertz CT molecular complexity index is 691. The second-order valence-electron chi connectivity index (χ2n) is 3.52. The third-order valence-corrected chi connectivity index (χ3v) is 2.39. The summed E-state index contributed by atoms with van der Waals surface area (Å²) in [6, 6.07) is 2.45. The van der Waals surface area contributed by atoms with Crippen molar-refractivity contribution >= 4 is 16.6 Å². The number of aromatic nitrogens is 1. The zero-order valence-corrected chi connectivity index (χ0v) is 8.62. The zero-order chi connectivity index (χ0) is 13.5. The number of alkyl halides is 3. The lowest BCUT2D eigenvalue weighted by molar-refractivity contribution is -0.386. The molecule has 0 aliphatic heterocycles. The number of nitrogens with one attached hydrogen (secondary N) is 1. The van der Waals surface area contributed by atoms with Crippen LogP contribution in [0.25, 0.3) is 10.9 Å². The second-order valence-corrected chi connectivity index (χ2v) is 3.52. The van der Waals surface area contributed by atoms with E-state index in [0.717, 1.165) is 18.3 Å². The molecule has 0 saturated carbocycles. The van der Waals surface area contributed by atoms with Crippen LogP contribution in [0.1, 0.15) is 5.56 Å². The largest absolute Gasteiger partial charge is 0.416 e. The highest BCUT2D eigenvalue weighted by Gasteiger charge is 2.31. The molecule has 0 bridgehead atoms. The van der Waals surface area contributed by atoms with E-state index in [1.165, 1.54) is 0 Å². The maximum Gasteiger partial charge on any atom is 0.416 e. The summed E-state index contributed by atoms with van der Waals surface area (Å²) in [6.07, 6.45) is -3.75. The van der Waals surface area contributed by atoms with Gasteiger partial charge < -0.3 is 4.98 Å². The molecule has 0 radical (unpaired) electrons. The molecule has 8 heteroatoms. The molecule has 0 saturated heterocycles. The summed E-state index contributed by atoms with van der Waals surface area (Å²) >= 11 is 0. The van der Waals surface area contributed by atoms with Gasteiger partial charge in [0.25, 0.3) is 5.43 Å². The molecule has 0 unspecified atom stereocenters. The first-order valence-corrected chi connectivity index (χ1v) is 4.68. The molecular formula is C10H5F3N2O3. The standard InChI is InChI=1S/C10H5F3N2O3/c11-10(12,13)5-1-2-7-6(3-5)9(16)8(4-14-7)15(17)18/h1-4H,(H,14,16). The van der Waals surface area contributed by atoms with Crippen molar-refractivity contribution in [2.45, 2.75) is 6.18 Å². The van der Waals surface area contributed by atoms with Crippen LogP contribution in [0.2, 0.25) is 0 Å². The minimum atomic E-state index is -4.61. The first-order chi connectivity index (χ1) is 8.30. The number of pyridine rings is 1. The maximum atomic E-state index is 12.5. The molecule has 0 spiro atoms. The highest BCUT2D eigenvalue weighted by Crippen LogP contribution is 2.30. The van der Waals surface area contributed by atoms with Crippen LogP contribution in [0.5, 0.6) is 0 Å². The fraction of sp³-hybridized carbons (Fsp3) is 0.100. The van der Waals surface area contributed by atoms with Crippen molar-refractivity contribution in [2.24, 2.45) is 0 Å². The topological polar surface area (TPSA) is 76.0 Å². The van der Waals surface area contributed by atoms with Gasteiger partial charge in [-0.15, -0.1) is 0 Å². The molecular weight excluding hydrogens is 253 g/mol. The van der Waals surface area contributed by atoms with Crippen molar-refractivity contribution in [1.29, 1.82) is 0 Å². The van der Waals surface area contributed by atoms with Gasteiger partial charge in [-0.25, -0.2) is 0 Å². The molecule has 18 heavy (non-hydrogen) atoms. The van der Waals surface area contributed by atoms with Gasteiger partial charge >= 0.3 is 11.9 Å². The van der Waals surface area contributed by atoms with Crippen LogP contribution < -0.4 is 5.43 Å². The molecule has 0 fully saturated rings. The number of benzene rings is 1. The molecule has 1 aromatic carbocycles. The SMILES string of the molecule is O=c1c([N+](=O)[O-])c[nH]c2ccc(C(F)(F)F)cc12. The lowest BCUT2D eigenvalue weighted by Crippen LogP contribution is -2.11. The summed E-state index contributed by atoms with van der Waals surface area (Å²) in [4.78, 5) is 23.6. The Hall–Kier alpha value is -2.38. The Labute approximate surface area is 97.0 Å². The molecule has 2 aromatic rings. The first-order valence-electron chi connectivity index (χ1n) is 4.68. The molecule has 0 aliphatic rings. The Balaban J connectivity index is 2.79. The summed E-state index contributed by atoms with van der Waals surface area (Å²) in [5, 5.41) is 10.1. The minimum absolute atomic E-state index is 0.110. The fourth-order valence-corrected chi connectivity index (χ4v) is 1.52. The van der Waals surface area contributed by atoms with E-state index in [4.69, 9.17) is 0 Å². The van der Waals surface area contributed by atoms with Crippen LogP contribution in [0.4, 0.5) is 18.9 Å². The van der Waals surface area contributed by atoms with E-state index >= 15 is 0 Å². The Morgan fingerprint density at radius 3 is 2.50 bits per heavy atom. The Morgan fingerprint density at radius 1 is 1.28 bits per heavy atom. The molecule has 94 valence electrons. The highest BCUT2D eigenvalue weighted by atomic mass is 19.4. The van der Waals surface area contributed by atoms with Crippen LogP contribution in [-0.2, 0) is 6.18 Å². The quantitative estimate of drug-likeness (QED) is 0.630. The average molecular weight is 258 g/mol. The normalized spacial score (nSPS) is 11.7. The van der Waals surface area contributed by atoms with Crippen molar-refractivity contribution in [3.05, 3.63) is 50.3 Å². The maximum absolute atomic E-state index is 12.5. The van der Waals surface area contributed by atoms with Gasteiger partial charge in [0.05, 0.1) is 22.1 Å². The number of H-pyrrole nitrogens is 1. The predicted molar refractivity (Wildman–Crippen MR) is 56.2 cm³/mol. The number of nitro groups is 1. The molecule has 0 atom stereocenters. The molecule has 2 rings (SSSR count). The zero-order valence-electron chi connectivity index (χ0n) is 8.62. The molecule has 1 aromatic heterocycles. The third-order valence-electron chi connectivity index (χ3n) is 2.39. The first kappa shape index (κ1) is 12.1. The van der Waals surface area contributed by atoms with Crippen LogP contribution in [0, 0.1) is 10.1 Å². The second kappa shape index (κ2) is 3.83. The molecule has 0 amide bonds. The number of fused-ring (bicyclic) bond motifs is 1. The van der Waals surface area contributed by atoms with Crippen molar-refractivity contribution in [2.75, 3.05) is 0 Å². The van der Waals surface area contributed by atoms with Crippen LogP contribution in [0.15, 0.2) is 29.2 Å². The van der Waals surface area contributed by atoms with E-state index in [-0.39, 0.29) is 10.9 Å². The van der Waals surface area contributed by atoms with E-state index in [1.807, 2.05) is 0 Å².